The topological polar surface area (TPSA) is 37.3 Å². The molecule has 0 saturated heterocycles. The van der Waals surface area contributed by atoms with Crippen LogP contribution < -0.4 is 0 Å². The zero-order valence-electron chi connectivity index (χ0n) is 14.1. The molecular formula is C20H22F2O2. The van der Waals surface area contributed by atoms with Crippen LogP contribution in [0.4, 0.5) is 8.78 Å². The Morgan fingerprint density at radius 2 is 1.46 bits per heavy atom. The molecule has 0 bridgehead atoms. The van der Waals surface area contributed by atoms with Crippen LogP contribution in [0.5, 0.6) is 0 Å². The normalized spacial score (nSPS) is 14.2. The van der Waals surface area contributed by atoms with E-state index in [0.29, 0.717) is 17.5 Å². The molecule has 4 heteroatoms. The monoisotopic (exact) mass is 332 g/mol. The van der Waals surface area contributed by atoms with Gasteiger partial charge < -0.3 is 5.11 Å². The summed E-state index contributed by atoms with van der Waals surface area (Å²) in [6.07, 6.45) is 0.334. The number of hydrogen-bond acceptors (Lipinski definition) is 1. The average molecular weight is 332 g/mol. The van der Waals surface area contributed by atoms with E-state index in [1.807, 2.05) is 6.92 Å². The number of carboxylic acids is 1. The zero-order valence-corrected chi connectivity index (χ0v) is 14.1. The van der Waals surface area contributed by atoms with Crippen molar-refractivity contribution < 1.29 is 18.7 Å². The van der Waals surface area contributed by atoms with Crippen molar-refractivity contribution in [2.75, 3.05) is 0 Å². The van der Waals surface area contributed by atoms with Crippen LogP contribution in [0.2, 0.25) is 0 Å². The minimum Gasteiger partial charge on any atom is -0.481 e. The Balaban J connectivity index is 2.43. The average Bonchev–Trinajstić information content (AvgIpc) is 2.53. The third-order valence-corrected chi connectivity index (χ3v) is 4.73. The zero-order chi connectivity index (χ0) is 17.9. The molecule has 0 radical (unpaired) electrons. The van der Waals surface area contributed by atoms with Crippen molar-refractivity contribution in [3.05, 3.63) is 71.3 Å². The number of rotatable bonds is 6. The molecule has 0 amide bonds. The van der Waals surface area contributed by atoms with Crippen molar-refractivity contribution in [3.63, 3.8) is 0 Å². The fraction of sp³-hybridized carbons (Fsp3) is 0.350. The van der Waals surface area contributed by atoms with Crippen molar-refractivity contribution in [2.24, 2.45) is 5.41 Å². The first-order valence-corrected chi connectivity index (χ1v) is 7.97. The van der Waals surface area contributed by atoms with E-state index in [1.165, 1.54) is 12.1 Å². The van der Waals surface area contributed by atoms with Crippen molar-refractivity contribution in [1.82, 2.24) is 0 Å². The molecule has 0 fully saturated rings. The summed E-state index contributed by atoms with van der Waals surface area (Å²) in [4.78, 5) is 11.7. The van der Waals surface area contributed by atoms with Gasteiger partial charge in [0.15, 0.2) is 0 Å². The van der Waals surface area contributed by atoms with E-state index in [2.05, 4.69) is 0 Å². The van der Waals surface area contributed by atoms with Gasteiger partial charge in [0, 0.05) is 5.92 Å². The number of halogens is 2. The Hall–Kier alpha value is -2.23. The van der Waals surface area contributed by atoms with Gasteiger partial charge in [0.05, 0.1) is 5.41 Å². The third-order valence-electron chi connectivity index (χ3n) is 4.73. The lowest BCUT2D eigenvalue weighted by atomic mass is 9.70. The molecule has 0 saturated carbocycles. The second-order valence-electron chi connectivity index (χ2n) is 6.76. The number of carbonyl (C=O) groups is 1. The van der Waals surface area contributed by atoms with E-state index in [9.17, 15) is 18.7 Å². The summed E-state index contributed by atoms with van der Waals surface area (Å²) in [7, 11) is 0. The van der Waals surface area contributed by atoms with Gasteiger partial charge in [-0.1, -0.05) is 43.3 Å². The molecule has 2 aromatic carbocycles. The van der Waals surface area contributed by atoms with E-state index < -0.39 is 23.1 Å². The predicted octanol–water partition coefficient (Wildman–Crippen LogP) is 5.35. The van der Waals surface area contributed by atoms with Crippen LogP contribution >= 0.6 is 0 Å². The molecule has 0 spiro atoms. The molecular weight excluding hydrogens is 310 g/mol. The van der Waals surface area contributed by atoms with Crippen LogP contribution in [0.25, 0.3) is 0 Å². The van der Waals surface area contributed by atoms with Crippen molar-refractivity contribution in [2.45, 2.75) is 39.0 Å². The Morgan fingerprint density at radius 1 is 1.00 bits per heavy atom. The SMILES string of the molecule is CC(CC(c1ccccc1F)C(C)(C)C(=O)O)c1ccccc1F. The number of carboxylic acid groups (broad SMARTS) is 1. The molecule has 128 valence electrons. The lowest BCUT2D eigenvalue weighted by Crippen LogP contribution is -2.32. The van der Waals surface area contributed by atoms with Crippen molar-refractivity contribution in [1.29, 1.82) is 0 Å². The molecule has 2 aromatic rings. The van der Waals surface area contributed by atoms with Gasteiger partial charge in [-0.05, 0) is 49.4 Å². The molecule has 0 aliphatic rings. The highest BCUT2D eigenvalue weighted by Gasteiger charge is 2.40. The van der Waals surface area contributed by atoms with E-state index in [-0.39, 0.29) is 11.7 Å². The number of benzene rings is 2. The van der Waals surface area contributed by atoms with Gasteiger partial charge in [0.1, 0.15) is 11.6 Å². The first kappa shape index (κ1) is 18.1. The fourth-order valence-electron chi connectivity index (χ4n) is 3.07. The lowest BCUT2D eigenvalue weighted by molar-refractivity contribution is -0.148. The molecule has 0 aromatic heterocycles. The van der Waals surface area contributed by atoms with Crippen LogP contribution in [0.3, 0.4) is 0 Å². The molecule has 0 heterocycles. The molecule has 2 unspecified atom stereocenters. The molecule has 24 heavy (non-hydrogen) atoms. The predicted molar refractivity (Wildman–Crippen MR) is 90.0 cm³/mol. The minimum absolute atomic E-state index is 0.241. The summed E-state index contributed by atoms with van der Waals surface area (Å²) < 4.78 is 28.3. The maximum atomic E-state index is 14.3. The van der Waals surface area contributed by atoms with E-state index in [1.54, 1.807) is 50.2 Å². The van der Waals surface area contributed by atoms with Crippen molar-refractivity contribution >= 4 is 5.97 Å². The first-order chi connectivity index (χ1) is 11.2. The third kappa shape index (κ3) is 3.64. The molecule has 2 nitrogen and oxygen atoms in total. The summed E-state index contributed by atoms with van der Waals surface area (Å²) in [5.41, 5.74) is -0.310. The Morgan fingerprint density at radius 3 is 1.92 bits per heavy atom. The van der Waals surface area contributed by atoms with Gasteiger partial charge in [-0.15, -0.1) is 0 Å². The van der Waals surface area contributed by atoms with Crippen LogP contribution in [0.15, 0.2) is 48.5 Å². The van der Waals surface area contributed by atoms with Crippen LogP contribution in [0.1, 0.15) is 50.2 Å². The minimum atomic E-state index is -1.18. The Bertz CT molecular complexity index is 725. The van der Waals surface area contributed by atoms with Gasteiger partial charge in [-0.25, -0.2) is 8.78 Å². The number of hydrogen-bond donors (Lipinski definition) is 1. The van der Waals surface area contributed by atoms with Crippen LogP contribution in [-0.2, 0) is 4.79 Å². The lowest BCUT2D eigenvalue weighted by Gasteiger charge is -2.33. The van der Waals surface area contributed by atoms with Gasteiger partial charge in [0.25, 0.3) is 0 Å². The smallest absolute Gasteiger partial charge is 0.309 e. The Kier molecular flexibility index (Phi) is 5.37. The van der Waals surface area contributed by atoms with E-state index in [4.69, 9.17) is 0 Å². The molecule has 1 N–H and O–H groups in total. The molecule has 2 rings (SSSR count). The van der Waals surface area contributed by atoms with Gasteiger partial charge in [0.2, 0.25) is 0 Å². The summed E-state index contributed by atoms with van der Waals surface area (Å²) in [6, 6.07) is 12.6. The van der Waals surface area contributed by atoms with Crippen LogP contribution in [0, 0.1) is 17.0 Å². The maximum Gasteiger partial charge on any atom is 0.309 e. The molecule has 0 aliphatic heterocycles. The second-order valence-corrected chi connectivity index (χ2v) is 6.76. The number of aliphatic carboxylic acids is 1. The highest BCUT2D eigenvalue weighted by Crippen LogP contribution is 2.43. The van der Waals surface area contributed by atoms with Gasteiger partial charge in [-0.2, -0.15) is 0 Å². The summed E-state index contributed by atoms with van der Waals surface area (Å²) in [6.45, 7) is 5.01. The second kappa shape index (κ2) is 7.12. The maximum absolute atomic E-state index is 14.3. The Labute approximate surface area is 141 Å². The summed E-state index contributed by atoms with van der Waals surface area (Å²) >= 11 is 0. The molecule has 2 atom stereocenters. The summed E-state index contributed by atoms with van der Waals surface area (Å²) in [5.74, 6) is -2.58. The van der Waals surface area contributed by atoms with Crippen LogP contribution in [-0.4, -0.2) is 11.1 Å². The molecule has 0 aliphatic carbocycles. The van der Waals surface area contributed by atoms with Gasteiger partial charge >= 0.3 is 5.97 Å². The fourth-order valence-corrected chi connectivity index (χ4v) is 3.07. The van der Waals surface area contributed by atoms with E-state index >= 15 is 0 Å². The first-order valence-electron chi connectivity index (χ1n) is 7.97. The highest BCUT2D eigenvalue weighted by atomic mass is 19.1. The quantitative estimate of drug-likeness (QED) is 0.774. The summed E-state index contributed by atoms with van der Waals surface area (Å²) in [5, 5.41) is 9.61. The highest BCUT2D eigenvalue weighted by molar-refractivity contribution is 5.75. The standard InChI is InChI=1S/C20H22F2O2/c1-13(14-8-4-6-10-17(14)21)12-16(20(2,3)19(23)24)15-9-5-7-11-18(15)22/h4-11,13,16H,12H2,1-3H3,(H,23,24). The van der Waals surface area contributed by atoms with Gasteiger partial charge in [-0.3, -0.25) is 4.79 Å². The largest absolute Gasteiger partial charge is 0.481 e. The van der Waals surface area contributed by atoms with Crippen molar-refractivity contribution in [3.8, 4) is 0 Å². The van der Waals surface area contributed by atoms with E-state index in [0.717, 1.165) is 0 Å².